The number of carbonyl (C=O) groups excluding carboxylic acids is 1. The summed E-state index contributed by atoms with van der Waals surface area (Å²) in [4.78, 5) is 15.3. The Bertz CT molecular complexity index is 318. The topological polar surface area (TPSA) is 68.0 Å². The molecular formula is C7H10BrN3OS. The third-order valence-electron chi connectivity index (χ3n) is 1.28. The van der Waals surface area contributed by atoms with E-state index in [9.17, 15) is 4.79 Å². The Kier molecular flexibility index (Phi) is 3.05. The second kappa shape index (κ2) is 3.73. The lowest BCUT2D eigenvalue weighted by Gasteiger charge is -2.15. The molecule has 0 aliphatic heterocycles. The van der Waals surface area contributed by atoms with Gasteiger partial charge in [-0.2, -0.15) is 0 Å². The van der Waals surface area contributed by atoms with Crippen molar-refractivity contribution in [3.8, 4) is 0 Å². The zero-order valence-electron chi connectivity index (χ0n) is 7.30. The van der Waals surface area contributed by atoms with E-state index in [0.29, 0.717) is 5.13 Å². The van der Waals surface area contributed by atoms with Crippen molar-refractivity contribution in [1.82, 2.24) is 4.98 Å². The molecule has 0 radical (unpaired) electrons. The van der Waals surface area contributed by atoms with Gasteiger partial charge < -0.3 is 11.1 Å². The van der Waals surface area contributed by atoms with Gasteiger partial charge in [-0.05, 0) is 29.8 Å². The van der Waals surface area contributed by atoms with E-state index in [4.69, 9.17) is 5.73 Å². The Labute approximate surface area is 88.7 Å². The molecule has 0 spiro atoms. The van der Waals surface area contributed by atoms with Crippen LogP contribution in [0.25, 0.3) is 0 Å². The van der Waals surface area contributed by atoms with Crippen LogP contribution in [0.3, 0.4) is 0 Å². The third-order valence-corrected chi connectivity index (χ3v) is 2.67. The average molecular weight is 264 g/mol. The molecule has 4 nitrogen and oxygen atoms in total. The van der Waals surface area contributed by atoms with Crippen LogP contribution in [0.2, 0.25) is 0 Å². The highest BCUT2D eigenvalue weighted by molar-refractivity contribution is 9.11. The van der Waals surface area contributed by atoms with Gasteiger partial charge in [0, 0.05) is 0 Å². The largest absolute Gasteiger partial charge is 0.318 e. The number of anilines is 1. The van der Waals surface area contributed by atoms with E-state index in [1.54, 1.807) is 20.0 Å². The number of nitrogens with zero attached hydrogens (tertiary/aromatic N) is 1. The first-order valence-electron chi connectivity index (χ1n) is 3.61. The van der Waals surface area contributed by atoms with Gasteiger partial charge >= 0.3 is 0 Å². The average Bonchev–Trinajstić information content (AvgIpc) is 2.33. The summed E-state index contributed by atoms with van der Waals surface area (Å²) in [5, 5.41) is 3.17. The smallest absolute Gasteiger partial charge is 0.245 e. The summed E-state index contributed by atoms with van der Waals surface area (Å²) in [6, 6.07) is 0. The lowest BCUT2D eigenvalue weighted by atomic mass is 10.1. The monoisotopic (exact) mass is 263 g/mol. The van der Waals surface area contributed by atoms with Gasteiger partial charge in [-0.3, -0.25) is 4.79 Å². The van der Waals surface area contributed by atoms with Crippen molar-refractivity contribution in [2.45, 2.75) is 19.4 Å². The number of nitrogens with one attached hydrogen (secondary N) is 1. The van der Waals surface area contributed by atoms with Crippen molar-refractivity contribution in [2.75, 3.05) is 5.32 Å². The lowest BCUT2D eigenvalue weighted by molar-refractivity contribution is -0.120. The Balaban J connectivity index is 2.65. The summed E-state index contributed by atoms with van der Waals surface area (Å²) in [5.41, 5.74) is 4.71. The minimum absolute atomic E-state index is 0.241. The Morgan fingerprint density at radius 1 is 1.77 bits per heavy atom. The van der Waals surface area contributed by atoms with Crippen LogP contribution in [-0.2, 0) is 4.79 Å². The van der Waals surface area contributed by atoms with Gasteiger partial charge in [0.05, 0.1) is 15.5 Å². The number of thiazole rings is 1. The molecule has 1 amide bonds. The summed E-state index contributed by atoms with van der Waals surface area (Å²) in [6.07, 6.45) is 1.63. The Hall–Kier alpha value is -0.460. The maximum Gasteiger partial charge on any atom is 0.245 e. The first-order valence-corrected chi connectivity index (χ1v) is 5.22. The minimum atomic E-state index is -0.877. The van der Waals surface area contributed by atoms with Crippen LogP contribution in [0.15, 0.2) is 9.98 Å². The highest BCUT2D eigenvalue weighted by atomic mass is 79.9. The van der Waals surface area contributed by atoms with Crippen molar-refractivity contribution in [3.63, 3.8) is 0 Å². The fourth-order valence-corrected chi connectivity index (χ4v) is 1.67. The van der Waals surface area contributed by atoms with Gasteiger partial charge in [0.15, 0.2) is 5.13 Å². The van der Waals surface area contributed by atoms with E-state index in [1.165, 1.54) is 11.3 Å². The molecule has 0 aromatic carbocycles. The standard InChI is InChI=1S/C7H10BrN3OS/c1-7(2,9)5(12)11-6-10-3-4(8)13-6/h3H,9H2,1-2H3,(H,10,11,12). The fraction of sp³-hybridized carbons (Fsp3) is 0.429. The van der Waals surface area contributed by atoms with Gasteiger partial charge in [0.1, 0.15) is 0 Å². The third kappa shape index (κ3) is 3.06. The number of hydrogen-bond acceptors (Lipinski definition) is 4. The number of nitrogens with two attached hydrogens (primary N) is 1. The predicted octanol–water partition coefficient (Wildman–Crippen LogP) is 1.58. The number of hydrogen-bond donors (Lipinski definition) is 2. The number of carbonyl (C=O) groups is 1. The summed E-state index contributed by atoms with van der Waals surface area (Å²) in [7, 11) is 0. The maximum absolute atomic E-state index is 11.4. The number of halogens is 1. The molecule has 1 aromatic heterocycles. The Morgan fingerprint density at radius 2 is 2.38 bits per heavy atom. The SMILES string of the molecule is CC(C)(N)C(=O)Nc1ncc(Br)s1. The molecule has 0 fully saturated rings. The first-order chi connectivity index (χ1) is 5.89. The second-order valence-corrected chi connectivity index (χ2v) is 5.56. The van der Waals surface area contributed by atoms with Crippen LogP contribution in [-0.4, -0.2) is 16.4 Å². The molecule has 0 bridgehead atoms. The molecule has 3 N–H and O–H groups in total. The number of amides is 1. The molecular weight excluding hydrogens is 254 g/mol. The van der Waals surface area contributed by atoms with Gasteiger partial charge in [-0.25, -0.2) is 4.98 Å². The molecule has 0 aliphatic rings. The van der Waals surface area contributed by atoms with Crippen molar-refractivity contribution in [3.05, 3.63) is 9.98 Å². The highest BCUT2D eigenvalue weighted by Crippen LogP contribution is 2.23. The molecule has 0 unspecified atom stereocenters. The number of rotatable bonds is 2. The fourth-order valence-electron chi connectivity index (χ4n) is 0.570. The van der Waals surface area contributed by atoms with Crippen LogP contribution in [0, 0.1) is 0 Å². The van der Waals surface area contributed by atoms with Crippen LogP contribution in [0.1, 0.15) is 13.8 Å². The zero-order valence-corrected chi connectivity index (χ0v) is 9.70. The van der Waals surface area contributed by atoms with Crippen LogP contribution < -0.4 is 11.1 Å². The molecule has 1 aromatic rings. The van der Waals surface area contributed by atoms with Crippen molar-refractivity contribution < 1.29 is 4.79 Å². The summed E-state index contributed by atoms with van der Waals surface area (Å²) >= 11 is 4.60. The van der Waals surface area contributed by atoms with Gasteiger partial charge in [-0.15, -0.1) is 0 Å². The van der Waals surface area contributed by atoms with Gasteiger partial charge in [-0.1, -0.05) is 11.3 Å². The molecule has 1 rings (SSSR count). The van der Waals surface area contributed by atoms with Gasteiger partial charge in [0.2, 0.25) is 5.91 Å². The van der Waals surface area contributed by atoms with Crippen molar-refractivity contribution in [1.29, 1.82) is 0 Å². The molecule has 6 heteroatoms. The number of aromatic nitrogens is 1. The van der Waals surface area contributed by atoms with Crippen LogP contribution in [0.5, 0.6) is 0 Å². The summed E-state index contributed by atoms with van der Waals surface area (Å²) < 4.78 is 0.873. The molecule has 0 atom stereocenters. The maximum atomic E-state index is 11.4. The van der Waals surface area contributed by atoms with E-state index >= 15 is 0 Å². The van der Waals surface area contributed by atoms with Gasteiger partial charge in [0.25, 0.3) is 0 Å². The van der Waals surface area contributed by atoms with E-state index in [2.05, 4.69) is 26.2 Å². The molecule has 13 heavy (non-hydrogen) atoms. The van der Waals surface area contributed by atoms with E-state index in [1.807, 2.05) is 0 Å². The normalized spacial score (nSPS) is 11.4. The van der Waals surface area contributed by atoms with Crippen LogP contribution >= 0.6 is 27.3 Å². The van der Waals surface area contributed by atoms with Crippen LogP contribution in [0.4, 0.5) is 5.13 Å². The van der Waals surface area contributed by atoms with Crippen molar-refractivity contribution in [2.24, 2.45) is 5.73 Å². The van der Waals surface area contributed by atoms with E-state index in [0.717, 1.165) is 3.79 Å². The van der Waals surface area contributed by atoms with E-state index < -0.39 is 5.54 Å². The quantitative estimate of drug-likeness (QED) is 0.852. The molecule has 1 heterocycles. The predicted molar refractivity (Wildman–Crippen MR) is 56.7 cm³/mol. The lowest BCUT2D eigenvalue weighted by Crippen LogP contribution is -2.45. The molecule has 72 valence electrons. The van der Waals surface area contributed by atoms with Crippen molar-refractivity contribution >= 4 is 38.3 Å². The minimum Gasteiger partial charge on any atom is -0.318 e. The summed E-state index contributed by atoms with van der Waals surface area (Å²) in [5.74, 6) is -0.241. The molecule has 0 saturated carbocycles. The second-order valence-electron chi connectivity index (χ2n) is 3.15. The first kappa shape index (κ1) is 10.6. The summed E-state index contributed by atoms with van der Waals surface area (Å²) in [6.45, 7) is 3.29. The van der Waals surface area contributed by atoms with E-state index in [-0.39, 0.29) is 5.91 Å². The zero-order chi connectivity index (χ0) is 10.1. The highest BCUT2D eigenvalue weighted by Gasteiger charge is 2.22. The molecule has 0 saturated heterocycles. The molecule has 0 aliphatic carbocycles. The Morgan fingerprint density at radius 3 is 2.77 bits per heavy atom.